The van der Waals surface area contributed by atoms with Crippen molar-refractivity contribution in [3.05, 3.63) is 27.2 Å². The van der Waals surface area contributed by atoms with Gasteiger partial charge in [0.15, 0.2) is 0 Å². The first-order valence-corrected chi connectivity index (χ1v) is 8.16. The van der Waals surface area contributed by atoms with Crippen molar-refractivity contribution in [1.29, 1.82) is 0 Å². The number of hydrogen-bond acceptors (Lipinski definition) is 3. The van der Waals surface area contributed by atoms with Crippen molar-refractivity contribution in [2.75, 3.05) is 19.6 Å². The van der Waals surface area contributed by atoms with Crippen LogP contribution in [-0.4, -0.2) is 47.7 Å². The highest BCUT2D eigenvalue weighted by Gasteiger charge is 2.28. The number of rotatable bonds is 2. The van der Waals surface area contributed by atoms with Gasteiger partial charge in [-0.15, -0.1) is 0 Å². The van der Waals surface area contributed by atoms with Gasteiger partial charge in [-0.25, -0.2) is 4.79 Å². The molecule has 0 bridgehead atoms. The third-order valence-electron chi connectivity index (χ3n) is 4.18. The average Bonchev–Trinajstić information content (AvgIpc) is 2.52. The van der Waals surface area contributed by atoms with E-state index in [4.69, 9.17) is 33.0 Å². The minimum atomic E-state index is -0.921. The summed E-state index contributed by atoms with van der Waals surface area (Å²) >= 11 is 12.6. The quantitative estimate of drug-likeness (QED) is 0.851. The maximum atomic E-state index is 12.0. The monoisotopic (exact) mass is 358 g/mol. The molecule has 0 unspecified atom stereocenters. The molecule has 8 heteroatoms. The predicted octanol–water partition coefficient (Wildman–Crippen LogP) is 2.80. The molecule has 2 amide bonds. The molecule has 1 aromatic rings. The van der Waals surface area contributed by atoms with Crippen molar-refractivity contribution in [2.24, 2.45) is 0 Å². The second-order valence-corrected chi connectivity index (χ2v) is 6.40. The Kier molecular flexibility index (Phi) is 4.55. The lowest BCUT2D eigenvalue weighted by molar-refractivity contribution is 0.0884. The van der Waals surface area contributed by atoms with Gasteiger partial charge in [-0.2, -0.15) is 0 Å². The van der Waals surface area contributed by atoms with E-state index in [-0.39, 0.29) is 17.0 Å². The molecule has 2 aliphatic rings. The maximum Gasteiger partial charge on any atom is 0.407 e. The summed E-state index contributed by atoms with van der Waals surface area (Å²) in [5.41, 5.74) is 1.12. The fraction of sp³-hybridized carbons (Fsp3) is 0.467. The Morgan fingerprint density at radius 1 is 1.35 bits per heavy atom. The number of carbonyl (C=O) groups is 2. The Morgan fingerprint density at radius 3 is 2.70 bits per heavy atom. The van der Waals surface area contributed by atoms with Crippen LogP contribution in [-0.2, 0) is 6.42 Å². The van der Waals surface area contributed by atoms with E-state index in [2.05, 4.69) is 5.32 Å². The van der Waals surface area contributed by atoms with E-state index in [0.717, 1.165) is 5.56 Å². The van der Waals surface area contributed by atoms with Crippen LogP contribution in [0.5, 0.6) is 5.75 Å². The fourth-order valence-electron chi connectivity index (χ4n) is 2.94. The molecule has 0 aliphatic carbocycles. The first kappa shape index (κ1) is 16.2. The molecule has 2 aliphatic heterocycles. The summed E-state index contributed by atoms with van der Waals surface area (Å²) in [6.45, 7) is 1.36. The number of nitrogens with zero attached hydrogens (tertiary/aromatic N) is 1. The van der Waals surface area contributed by atoms with Crippen LogP contribution in [0.2, 0.25) is 10.0 Å². The fourth-order valence-corrected chi connectivity index (χ4v) is 3.53. The SMILES string of the molecule is O=C1NCCc2c(Cl)cc(OC3CCN(C(=O)O)CC3)c(Cl)c21. The van der Waals surface area contributed by atoms with Crippen molar-refractivity contribution in [3.63, 3.8) is 0 Å². The van der Waals surface area contributed by atoms with Crippen LogP contribution in [0.15, 0.2) is 6.07 Å². The van der Waals surface area contributed by atoms with E-state index >= 15 is 0 Å². The molecule has 2 N–H and O–H groups in total. The molecule has 2 heterocycles. The number of hydrogen-bond donors (Lipinski definition) is 2. The largest absolute Gasteiger partial charge is 0.489 e. The minimum absolute atomic E-state index is 0.149. The van der Waals surface area contributed by atoms with E-state index in [9.17, 15) is 9.59 Å². The zero-order valence-corrected chi connectivity index (χ0v) is 13.8. The van der Waals surface area contributed by atoms with Crippen molar-refractivity contribution in [3.8, 4) is 5.75 Å². The second kappa shape index (κ2) is 6.45. The van der Waals surface area contributed by atoms with E-state index in [1.807, 2.05) is 0 Å². The van der Waals surface area contributed by atoms with E-state index in [1.54, 1.807) is 6.07 Å². The Bertz CT molecular complexity index is 657. The molecule has 3 rings (SSSR count). The van der Waals surface area contributed by atoms with Gasteiger partial charge in [0, 0.05) is 43.6 Å². The minimum Gasteiger partial charge on any atom is -0.489 e. The van der Waals surface area contributed by atoms with Gasteiger partial charge in [0.2, 0.25) is 0 Å². The van der Waals surface area contributed by atoms with Crippen LogP contribution in [0.25, 0.3) is 0 Å². The molecule has 124 valence electrons. The Balaban J connectivity index is 1.79. The molecule has 0 spiro atoms. The lowest BCUT2D eigenvalue weighted by atomic mass is 9.99. The number of carboxylic acid groups (broad SMARTS) is 1. The van der Waals surface area contributed by atoms with Crippen LogP contribution >= 0.6 is 23.2 Å². The third-order valence-corrected chi connectivity index (χ3v) is 4.89. The van der Waals surface area contributed by atoms with E-state index in [1.165, 1.54) is 4.90 Å². The first-order valence-electron chi connectivity index (χ1n) is 7.41. The highest BCUT2D eigenvalue weighted by molar-refractivity contribution is 6.38. The third kappa shape index (κ3) is 3.19. The molecule has 0 atom stereocenters. The summed E-state index contributed by atoms with van der Waals surface area (Å²) in [4.78, 5) is 24.3. The van der Waals surface area contributed by atoms with Gasteiger partial charge in [-0.1, -0.05) is 23.2 Å². The number of fused-ring (bicyclic) bond motifs is 1. The standard InChI is InChI=1S/C15H16Cl2N2O4/c16-10-7-11(13(17)12-9(10)1-4-18-14(12)20)23-8-2-5-19(6-3-8)15(21)22/h7-8H,1-6H2,(H,18,20)(H,21,22). The summed E-state index contributed by atoms with van der Waals surface area (Å²) in [6, 6.07) is 1.64. The molecular weight excluding hydrogens is 343 g/mol. The lowest BCUT2D eigenvalue weighted by Crippen LogP contribution is -2.41. The molecule has 1 saturated heterocycles. The van der Waals surface area contributed by atoms with Crippen LogP contribution in [0.4, 0.5) is 4.79 Å². The number of piperidine rings is 1. The summed E-state index contributed by atoms with van der Waals surface area (Å²) in [7, 11) is 0. The number of nitrogens with one attached hydrogen (secondary N) is 1. The number of halogens is 2. The van der Waals surface area contributed by atoms with Gasteiger partial charge in [0.05, 0.1) is 10.6 Å². The van der Waals surface area contributed by atoms with E-state index in [0.29, 0.717) is 55.2 Å². The highest BCUT2D eigenvalue weighted by atomic mass is 35.5. The Labute approximate surface area is 143 Å². The molecule has 1 fully saturated rings. The molecule has 0 radical (unpaired) electrons. The topological polar surface area (TPSA) is 78.9 Å². The van der Waals surface area contributed by atoms with Crippen LogP contribution in [0, 0.1) is 0 Å². The average molecular weight is 359 g/mol. The van der Waals surface area contributed by atoms with Crippen molar-refractivity contribution in [1.82, 2.24) is 10.2 Å². The summed E-state index contributed by atoms with van der Waals surface area (Å²) in [5, 5.41) is 12.4. The number of benzene rings is 1. The van der Waals surface area contributed by atoms with Gasteiger partial charge in [0.1, 0.15) is 11.9 Å². The van der Waals surface area contributed by atoms with Gasteiger partial charge in [-0.05, 0) is 12.0 Å². The maximum absolute atomic E-state index is 12.0. The van der Waals surface area contributed by atoms with E-state index < -0.39 is 6.09 Å². The number of amides is 2. The Hall–Kier alpha value is -1.66. The van der Waals surface area contributed by atoms with Crippen molar-refractivity contribution >= 4 is 35.2 Å². The number of ether oxygens (including phenoxy) is 1. The molecule has 0 saturated carbocycles. The Morgan fingerprint density at radius 2 is 2.04 bits per heavy atom. The normalized spacial score (nSPS) is 18.3. The number of carbonyl (C=O) groups excluding carboxylic acids is 1. The highest BCUT2D eigenvalue weighted by Crippen LogP contribution is 2.38. The predicted molar refractivity (Wildman–Crippen MR) is 85.7 cm³/mol. The van der Waals surface area contributed by atoms with Crippen molar-refractivity contribution < 1.29 is 19.4 Å². The molecule has 6 nitrogen and oxygen atoms in total. The van der Waals surface area contributed by atoms with Crippen molar-refractivity contribution in [2.45, 2.75) is 25.4 Å². The van der Waals surface area contributed by atoms with Gasteiger partial charge < -0.3 is 20.1 Å². The smallest absolute Gasteiger partial charge is 0.407 e. The molecule has 23 heavy (non-hydrogen) atoms. The van der Waals surface area contributed by atoms with Gasteiger partial charge >= 0.3 is 6.09 Å². The van der Waals surface area contributed by atoms with Gasteiger partial charge in [-0.3, -0.25) is 4.79 Å². The second-order valence-electron chi connectivity index (χ2n) is 5.62. The zero-order chi connectivity index (χ0) is 16.6. The molecular formula is C15H16Cl2N2O4. The summed E-state index contributed by atoms with van der Waals surface area (Å²) in [6.07, 6.45) is 0.711. The van der Waals surface area contributed by atoms with Crippen LogP contribution < -0.4 is 10.1 Å². The zero-order valence-electron chi connectivity index (χ0n) is 12.3. The van der Waals surface area contributed by atoms with Gasteiger partial charge in [0.25, 0.3) is 5.91 Å². The molecule has 0 aromatic heterocycles. The number of likely N-dealkylation sites (tertiary alicyclic amines) is 1. The lowest BCUT2D eigenvalue weighted by Gasteiger charge is -2.31. The van der Waals surface area contributed by atoms with Crippen LogP contribution in [0.1, 0.15) is 28.8 Å². The first-order chi connectivity index (χ1) is 11.0. The summed E-state index contributed by atoms with van der Waals surface area (Å²) < 4.78 is 5.89. The summed E-state index contributed by atoms with van der Waals surface area (Å²) in [5.74, 6) is 0.130. The van der Waals surface area contributed by atoms with Crippen LogP contribution in [0.3, 0.4) is 0 Å². The molecule has 1 aromatic carbocycles.